The second kappa shape index (κ2) is 4.84. The van der Waals surface area contributed by atoms with Crippen molar-refractivity contribution in [3.05, 3.63) is 41.3 Å². The van der Waals surface area contributed by atoms with E-state index in [0.717, 1.165) is 22.8 Å². The Morgan fingerprint density at radius 2 is 2.06 bits per heavy atom. The van der Waals surface area contributed by atoms with Crippen molar-refractivity contribution in [2.24, 2.45) is 0 Å². The maximum atomic E-state index is 8.57. The van der Waals surface area contributed by atoms with Gasteiger partial charge in [-0.15, -0.1) is 0 Å². The van der Waals surface area contributed by atoms with Crippen LogP contribution in [0.3, 0.4) is 0 Å². The van der Waals surface area contributed by atoms with Crippen molar-refractivity contribution in [2.75, 3.05) is 0 Å². The standard InChI is InChI=1S/C14H15N3/c1-10-6-3-4-7-12(10)14-11(2)16-13(17-14)8-5-9-15/h3-4,6-7H,5,8H2,1-2H3,(H,16,17). The minimum absolute atomic E-state index is 0.500. The first-order valence-corrected chi connectivity index (χ1v) is 5.71. The van der Waals surface area contributed by atoms with Gasteiger partial charge in [0, 0.05) is 24.1 Å². The van der Waals surface area contributed by atoms with Crippen molar-refractivity contribution in [3.63, 3.8) is 0 Å². The van der Waals surface area contributed by atoms with E-state index < -0.39 is 0 Å². The van der Waals surface area contributed by atoms with Crippen molar-refractivity contribution in [1.82, 2.24) is 9.97 Å². The number of hydrogen-bond acceptors (Lipinski definition) is 2. The lowest BCUT2D eigenvalue weighted by Crippen LogP contribution is -1.87. The fourth-order valence-electron chi connectivity index (χ4n) is 1.92. The molecule has 2 aromatic rings. The van der Waals surface area contributed by atoms with Crippen LogP contribution in [0.25, 0.3) is 11.3 Å². The molecule has 1 N–H and O–H groups in total. The maximum absolute atomic E-state index is 8.57. The normalized spacial score (nSPS) is 10.2. The first kappa shape index (κ1) is 11.4. The summed E-state index contributed by atoms with van der Waals surface area (Å²) in [5.41, 5.74) is 4.43. The average molecular weight is 225 g/mol. The van der Waals surface area contributed by atoms with Crippen LogP contribution in [-0.2, 0) is 6.42 Å². The van der Waals surface area contributed by atoms with Gasteiger partial charge in [-0.3, -0.25) is 0 Å². The van der Waals surface area contributed by atoms with Crippen molar-refractivity contribution in [2.45, 2.75) is 26.7 Å². The summed E-state index contributed by atoms with van der Waals surface area (Å²) in [5, 5.41) is 8.57. The van der Waals surface area contributed by atoms with Gasteiger partial charge in [-0.05, 0) is 19.4 Å². The topological polar surface area (TPSA) is 52.5 Å². The molecule has 17 heavy (non-hydrogen) atoms. The van der Waals surface area contributed by atoms with E-state index in [1.165, 1.54) is 5.56 Å². The monoisotopic (exact) mass is 225 g/mol. The highest BCUT2D eigenvalue weighted by Gasteiger charge is 2.10. The Morgan fingerprint density at radius 1 is 1.29 bits per heavy atom. The number of rotatable bonds is 3. The van der Waals surface area contributed by atoms with Crippen LogP contribution in [0.1, 0.15) is 23.5 Å². The van der Waals surface area contributed by atoms with Gasteiger partial charge in [-0.25, -0.2) is 4.98 Å². The molecule has 0 bridgehead atoms. The van der Waals surface area contributed by atoms with E-state index >= 15 is 0 Å². The largest absolute Gasteiger partial charge is 0.346 e. The number of aromatic amines is 1. The molecular weight excluding hydrogens is 210 g/mol. The van der Waals surface area contributed by atoms with Crippen molar-refractivity contribution in [3.8, 4) is 17.3 Å². The van der Waals surface area contributed by atoms with E-state index in [4.69, 9.17) is 5.26 Å². The van der Waals surface area contributed by atoms with Gasteiger partial charge in [0.25, 0.3) is 0 Å². The highest BCUT2D eigenvalue weighted by molar-refractivity contribution is 5.65. The molecule has 0 radical (unpaired) electrons. The van der Waals surface area contributed by atoms with Crippen LogP contribution in [0.15, 0.2) is 24.3 Å². The van der Waals surface area contributed by atoms with Gasteiger partial charge in [-0.1, -0.05) is 24.3 Å². The van der Waals surface area contributed by atoms with Crippen LogP contribution in [0, 0.1) is 25.2 Å². The van der Waals surface area contributed by atoms with E-state index in [2.05, 4.69) is 35.1 Å². The lowest BCUT2D eigenvalue weighted by molar-refractivity contribution is 0.913. The van der Waals surface area contributed by atoms with Gasteiger partial charge in [0.2, 0.25) is 0 Å². The number of hydrogen-bond donors (Lipinski definition) is 1. The van der Waals surface area contributed by atoms with Crippen LogP contribution in [0.4, 0.5) is 0 Å². The molecule has 0 amide bonds. The van der Waals surface area contributed by atoms with Crippen LogP contribution in [0.2, 0.25) is 0 Å². The third-order valence-corrected chi connectivity index (χ3v) is 2.81. The molecule has 0 fully saturated rings. The van der Waals surface area contributed by atoms with Crippen LogP contribution in [0.5, 0.6) is 0 Å². The molecule has 3 nitrogen and oxygen atoms in total. The number of imidazole rings is 1. The highest BCUT2D eigenvalue weighted by Crippen LogP contribution is 2.24. The summed E-state index contributed by atoms with van der Waals surface area (Å²) in [6.07, 6.45) is 1.18. The Balaban J connectivity index is 2.37. The molecule has 2 rings (SSSR count). The summed E-state index contributed by atoms with van der Waals surface area (Å²) < 4.78 is 0. The van der Waals surface area contributed by atoms with Gasteiger partial charge in [0.1, 0.15) is 5.82 Å². The highest BCUT2D eigenvalue weighted by atomic mass is 14.9. The van der Waals surface area contributed by atoms with E-state index in [-0.39, 0.29) is 0 Å². The van der Waals surface area contributed by atoms with E-state index in [1.54, 1.807) is 0 Å². The molecule has 3 heteroatoms. The molecule has 0 aliphatic heterocycles. The summed E-state index contributed by atoms with van der Waals surface area (Å²) in [4.78, 5) is 7.81. The number of aromatic nitrogens is 2. The molecule has 86 valence electrons. The van der Waals surface area contributed by atoms with Gasteiger partial charge < -0.3 is 4.98 Å². The van der Waals surface area contributed by atoms with E-state index in [0.29, 0.717) is 12.8 Å². The number of nitrogens with zero attached hydrogens (tertiary/aromatic N) is 2. The van der Waals surface area contributed by atoms with E-state index in [9.17, 15) is 0 Å². The zero-order valence-corrected chi connectivity index (χ0v) is 10.1. The predicted molar refractivity (Wildman–Crippen MR) is 67.4 cm³/mol. The summed E-state index contributed by atoms with van der Waals surface area (Å²) in [7, 11) is 0. The number of aryl methyl sites for hydroxylation is 3. The number of nitriles is 1. The second-order valence-electron chi connectivity index (χ2n) is 4.13. The predicted octanol–water partition coefficient (Wildman–Crippen LogP) is 3.15. The zero-order valence-electron chi connectivity index (χ0n) is 10.1. The Kier molecular flexibility index (Phi) is 3.24. The SMILES string of the molecule is Cc1ccccc1-c1nc(CCC#N)[nH]c1C. The van der Waals surface area contributed by atoms with Crippen molar-refractivity contribution in [1.29, 1.82) is 5.26 Å². The smallest absolute Gasteiger partial charge is 0.108 e. The minimum atomic E-state index is 0.500. The molecule has 0 unspecified atom stereocenters. The summed E-state index contributed by atoms with van der Waals surface area (Å²) in [6, 6.07) is 10.3. The lowest BCUT2D eigenvalue weighted by Gasteiger charge is -2.02. The third-order valence-electron chi connectivity index (χ3n) is 2.81. The fourth-order valence-corrected chi connectivity index (χ4v) is 1.92. The zero-order chi connectivity index (χ0) is 12.3. The van der Waals surface area contributed by atoms with Gasteiger partial charge in [0.05, 0.1) is 11.8 Å². The number of H-pyrrole nitrogens is 1. The first-order chi connectivity index (χ1) is 8.22. The fraction of sp³-hybridized carbons (Fsp3) is 0.286. The van der Waals surface area contributed by atoms with Gasteiger partial charge >= 0.3 is 0 Å². The number of benzene rings is 1. The van der Waals surface area contributed by atoms with E-state index in [1.807, 2.05) is 19.1 Å². The van der Waals surface area contributed by atoms with Crippen molar-refractivity contribution < 1.29 is 0 Å². The molecule has 1 heterocycles. The minimum Gasteiger partial charge on any atom is -0.346 e. The molecule has 1 aromatic heterocycles. The Labute approximate surface area is 101 Å². The molecule has 0 saturated carbocycles. The summed E-state index contributed by atoms with van der Waals surface area (Å²) >= 11 is 0. The third kappa shape index (κ3) is 2.36. The molecule has 0 aliphatic carbocycles. The molecule has 0 atom stereocenters. The van der Waals surface area contributed by atoms with Crippen LogP contribution >= 0.6 is 0 Å². The van der Waals surface area contributed by atoms with Gasteiger partial charge in [-0.2, -0.15) is 5.26 Å². The maximum Gasteiger partial charge on any atom is 0.108 e. The Bertz CT molecular complexity index is 561. The average Bonchev–Trinajstić information content (AvgIpc) is 2.68. The van der Waals surface area contributed by atoms with Crippen molar-refractivity contribution >= 4 is 0 Å². The Hall–Kier alpha value is -2.08. The molecule has 0 saturated heterocycles. The lowest BCUT2D eigenvalue weighted by atomic mass is 10.1. The molecular formula is C14H15N3. The first-order valence-electron chi connectivity index (χ1n) is 5.71. The van der Waals surface area contributed by atoms with Crippen LogP contribution in [-0.4, -0.2) is 9.97 Å². The Morgan fingerprint density at radius 3 is 2.76 bits per heavy atom. The van der Waals surface area contributed by atoms with Gasteiger partial charge in [0.15, 0.2) is 0 Å². The van der Waals surface area contributed by atoms with Crippen LogP contribution < -0.4 is 0 Å². The summed E-state index contributed by atoms with van der Waals surface area (Å²) in [6.45, 7) is 4.10. The summed E-state index contributed by atoms with van der Waals surface area (Å²) in [5.74, 6) is 0.891. The molecule has 0 spiro atoms. The molecule has 0 aliphatic rings. The number of nitrogens with one attached hydrogen (secondary N) is 1. The second-order valence-corrected chi connectivity index (χ2v) is 4.13. The quantitative estimate of drug-likeness (QED) is 0.872. The molecule has 1 aromatic carbocycles.